The molecule has 1 heterocycles. The minimum absolute atomic E-state index is 0.110. The summed E-state index contributed by atoms with van der Waals surface area (Å²) in [6.07, 6.45) is 0. The van der Waals surface area contributed by atoms with Gasteiger partial charge in [-0.1, -0.05) is 0 Å². The van der Waals surface area contributed by atoms with Crippen molar-refractivity contribution in [1.29, 1.82) is 0 Å². The molecule has 0 bridgehead atoms. The van der Waals surface area contributed by atoms with Crippen LogP contribution in [0, 0.1) is 17.0 Å². The fourth-order valence-electron chi connectivity index (χ4n) is 1.75. The number of fused-ring (bicyclic) bond motifs is 1. The van der Waals surface area contributed by atoms with Crippen molar-refractivity contribution >= 4 is 22.4 Å². The molecule has 7 nitrogen and oxygen atoms in total. The predicted octanol–water partition coefficient (Wildman–Crippen LogP) is 1.75. The maximum absolute atomic E-state index is 11.0. The monoisotopic (exact) mass is 248 g/mol. The lowest BCUT2D eigenvalue weighted by Crippen LogP contribution is -2.10. The number of aryl methyl sites for hydroxylation is 1. The van der Waals surface area contributed by atoms with Gasteiger partial charge in [0.2, 0.25) is 0 Å². The molecule has 0 unspecified atom stereocenters. The highest BCUT2D eigenvalue weighted by molar-refractivity contribution is 5.90. The molecule has 0 fully saturated rings. The van der Waals surface area contributed by atoms with Crippen molar-refractivity contribution in [3.05, 3.63) is 33.9 Å². The summed E-state index contributed by atoms with van der Waals surface area (Å²) in [4.78, 5) is 14.7. The van der Waals surface area contributed by atoms with E-state index in [9.17, 15) is 10.1 Å². The molecule has 0 spiro atoms. The molecule has 1 aromatic carbocycles. The maximum Gasteiger partial charge on any atom is 0.299 e. The van der Waals surface area contributed by atoms with Gasteiger partial charge in [-0.25, -0.2) is 10.8 Å². The van der Waals surface area contributed by atoms with Gasteiger partial charge in [0.25, 0.3) is 5.69 Å². The number of ether oxygens (including phenoxy) is 1. The third kappa shape index (κ3) is 1.91. The largest absolute Gasteiger partial charge is 0.496 e. The molecular formula is C11H12N4O3. The molecule has 0 atom stereocenters. The van der Waals surface area contributed by atoms with E-state index in [0.717, 1.165) is 5.56 Å². The van der Waals surface area contributed by atoms with Crippen LogP contribution in [0.2, 0.25) is 0 Å². The number of nitrogen functional groups attached to an aromatic ring is 1. The number of non-ortho nitro benzene ring substituents is 1. The van der Waals surface area contributed by atoms with Crippen LogP contribution < -0.4 is 16.0 Å². The first-order valence-corrected chi connectivity index (χ1v) is 5.17. The Bertz CT molecular complexity index is 627. The number of nitrogens with zero attached hydrogens (tertiary/aromatic N) is 2. The van der Waals surface area contributed by atoms with E-state index in [4.69, 9.17) is 10.6 Å². The Kier molecular flexibility index (Phi) is 2.99. The van der Waals surface area contributed by atoms with Crippen molar-refractivity contribution in [2.75, 3.05) is 12.5 Å². The number of anilines is 1. The highest BCUT2D eigenvalue weighted by Gasteiger charge is 2.17. The van der Waals surface area contributed by atoms with Gasteiger partial charge in [0, 0.05) is 5.39 Å². The summed E-state index contributed by atoms with van der Waals surface area (Å²) in [5.41, 5.74) is 3.38. The normalized spacial score (nSPS) is 10.4. The van der Waals surface area contributed by atoms with Crippen molar-refractivity contribution in [2.24, 2.45) is 5.84 Å². The quantitative estimate of drug-likeness (QED) is 0.487. The van der Waals surface area contributed by atoms with E-state index in [1.54, 1.807) is 12.1 Å². The Morgan fingerprint density at radius 1 is 1.44 bits per heavy atom. The maximum atomic E-state index is 11.0. The van der Waals surface area contributed by atoms with E-state index in [-0.39, 0.29) is 11.2 Å². The van der Waals surface area contributed by atoms with Gasteiger partial charge in [0.05, 0.1) is 18.1 Å². The van der Waals surface area contributed by atoms with Crippen LogP contribution in [0.15, 0.2) is 18.2 Å². The van der Waals surface area contributed by atoms with Gasteiger partial charge in [0.15, 0.2) is 5.52 Å². The standard InChI is InChI=1S/C11H12N4O3/c1-6-3-7-4-8(18-2)5-9(15(16)17)10(7)13-11(6)14-12/h3-5H,12H2,1-2H3,(H,13,14). The molecule has 0 radical (unpaired) electrons. The minimum atomic E-state index is -0.493. The Hall–Kier alpha value is -2.41. The van der Waals surface area contributed by atoms with E-state index in [1.165, 1.54) is 13.2 Å². The number of hydrogen-bond donors (Lipinski definition) is 2. The minimum Gasteiger partial charge on any atom is -0.496 e. The average Bonchev–Trinajstić information content (AvgIpc) is 2.36. The third-order valence-corrected chi connectivity index (χ3v) is 2.63. The van der Waals surface area contributed by atoms with Crippen LogP contribution >= 0.6 is 0 Å². The van der Waals surface area contributed by atoms with Crippen LogP contribution in [-0.2, 0) is 0 Å². The smallest absolute Gasteiger partial charge is 0.299 e. The van der Waals surface area contributed by atoms with Crippen LogP contribution in [-0.4, -0.2) is 17.0 Å². The fourth-order valence-corrected chi connectivity index (χ4v) is 1.75. The van der Waals surface area contributed by atoms with Crippen LogP contribution in [0.3, 0.4) is 0 Å². The van der Waals surface area contributed by atoms with E-state index in [0.29, 0.717) is 17.0 Å². The second-order valence-corrected chi connectivity index (χ2v) is 3.77. The number of hydrogen-bond acceptors (Lipinski definition) is 6. The Morgan fingerprint density at radius 2 is 2.17 bits per heavy atom. The number of aromatic nitrogens is 1. The number of rotatable bonds is 3. The number of benzene rings is 1. The first-order valence-electron chi connectivity index (χ1n) is 5.17. The summed E-state index contributed by atoms with van der Waals surface area (Å²) in [7, 11) is 1.46. The lowest BCUT2D eigenvalue weighted by Gasteiger charge is -2.08. The molecule has 7 heteroatoms. The number of nitrogens with two attached hydrogens (primary N) is 1. The first-order chi connectivity index (χ1) is 8.56. The lowest BCUT2D eigenvalue weighted by atomic mass is 10.1. The van der Waals surface area contributed by atoms with Gasteiger partial charge >= 0.3 is 0 Å². The van der Waals surface area contributed by atoms with Crippen LogP contribution in [0.4, 0.5) is 11.5 Å². The van der Waals surface area contributed by atoms with Gasteiger partial charge in [-0.15, -0.1) is 0 Å². The van der Waals surface area contributed by atoms with Gasteiger partial charge in [0.1, 0.15) is 11.6 Å². The molecule has 3 N–H and O–H groups in total. The zero-order valence-electron chi connectivity index (χ0n) is 9.93. The van der Waals surface area contributed by atoms with E-state index in [2.05, 4.69) is 10.4 Å². The van der Waals surface area contributed by atoms with E-state index < -0.39 is 4.92 Å². The average molecular weight is 248 g/mol. The number of nitrogens with one attached hydrogen (secondary N) is 1. The Balaban J connectivity index is 2.83. The number of pyridine rings is 1. The lowest BCUT2D eigenvalue weighted by molar-refractivity contribution is -0.383. The number of hydrazine groups is 1. The molecule has 0 aliphatic rings. The summed E-state index contributed by atoms with van der Waals surface area (Å²) in [6.45, 7) is 1.81. The second kappa shape index (κ2) is 4.46. The third-order valence-electron chi connectivity index (χ3n) is 2.63. The number of methoxy groups -OCH3 is 1. The van der Waals surface area contributed by atoms with Crippen LogP contribution in [0.1, 0.15) is 5.56 Å². The second-order valence-electron chi connectivity index (χ2n) is 3.77. The zero-order valence-corrected chi connectivity index (χ0v) is 9.93. The van der Waals surface area contributed by atoms with Crippen LogP contribution in [0.25, 0.3) is 10.9 Å². The first kappa shape index (κ1) is 12.1. The molecule has 0 amide bonds. The summed E-state index contributed by atoms with van der Waals surface area (Å²) in [5, 5.41) is 11.7. The van der Waals surface area contributed by atoms with Crippen molar-refractivity contribution in [3.63, 3.8) is 0 Å². The summed E-state index contributed by atoms with van der Waals surface area (Å²) >= 11 is 0. The van der Waals surface area contributed by atoms with E-state index in [1.807, 2.05) is 6.92 Å². The summed E-state index contributed by atoms with van der Waals surface area (Å²) < 4.78 is 5.04. The predicted molar refractivity (Wildman–Crippen MR) is 67.5 cm³/mol. The molecule has 2 rings (SSSR count). The topological polar surface area (TPSA) is 103 Å². The summed E-state index contributed by atoms with van der Waals surface area (Å²) in [6, 6.07) is 4.81. The fraction of sp³-hybridized carbons (Fsp3) is 0.182. The highest BCUT2D eigenvalue weighted by atomic mass is 16.6. The van der Waals surface area contributed by atoms with Crippen molar-refractivity contribution < 1.29 is 9.66 Å². The Labute approximate surface area is 103 Å². The molecule has 0 saturated heterocycles. The van der Waals surface area contributed by atoms with Crippen LogP contribution in [0.5, 0.6) is 5.75 Å². The van der Waals surface area contributed by atoms with Gasteiger partial charge in [-0.2, -0.15) is 0 Å². The zero-order chi connectivity index (χ0) is 13.3. The SMILES string of the molecule is COc1cc([N+](=O)[O-])c2nc(NN)c(C)cc2c1. The molecule has 94 valence electrons. The van der Waals surface area contributed by atoms with Gasteiger partial charge < -0.3 is 10.2 Å². The molecule has 0 saturated carbocycles. The number of nitro groups is 1. The summed E-state index contributed by atoms with van der Waals surface area (Å²) in [5.74, 6) is 6.15. The molecule has 2 aromatic rings. The molecule has 18 heavy (non-hydrogen) atoms. The van der Waals surface area contributed by atoms with Gasteiger partial charge in [-0.05, 0) is 24.6 Å². The van der Waals surface area contributed by atoms with Crippen molar-refractivity contribution in [2.45, 2.75) is 6.92 Å². The highest BCUT2D eigenvalue weighted by Crippen LogP contribution is 2.31. The van der Waals surface area contributed by atoms with Gasteiger partial charge in [-0.3, -0.25) is 10.1 Å². The van der Waals surface area contributed by atoms with E-state index >= 15 is 0 Å². The van der Waals surface area contributed by atoms with Crippen molar-refractivity contribution in [3.8, 4) is 5.75 Å². The number of nitro benzene ring substituents is 1. The molecule has 1 aromatic heterocycles. The molecular weight excluding hydrogens is 236 g/mol. The Morgan fingerprint density at radius 3 is 2.72 bits per heavy atom. The molecule has 0 aliphatic heterocycles. The molecule has 0 aliphatic carbocycles. The van der Waals surface area contributed by atoms with Crippen molar-refractivity contribution in [1.82, 2.24) is 4.98 Å².